The maximum absolute atomic E-state index is 13.5. The van der Waals surface area contributed by atoms with Crippen molar-refractivity contribution in [3.63, 3.8) is 0 Å². The summed E-state index contributed by atoms with van der Waals surface area (Å²) in [5, 5.41) is 12.0. The van der Waals surface area contributed by atoms with Crippen LogP contribution in [-0.2, 0) is 9.53 Å². The Morgan fingerprint density at radius 3 is 2.25 bits per heavy atom. The van der Waals surface area contributed by atoms with E-state index in [1.165, 1.54) is 24.8 Å². The number of hydrogen-bond donors (Lipinski definition) is 1. The minimum atomic E-state index is -0.939. The monoisotopic (exact) mass is 551 g/mol. The Kier molecular flexibility index (Phi) is 7.24. The number of allylic oxidation sites excluding steroid dienone is 1. The van der Waals surface area contributed by atoms with Gasteiger partial charge in [-0.15, -0.1) is 0 Å². The molecule has 4 heteroatoms. The largest absolute Gasteiger partial charge is 0.469 e. The van der Waals surface area contributed by atoms with E-state index in [2.05, 4.69) is 64.9 Å². The second kappa shape index (κ2) is 9.60. The first kappa shape index (κ1) is 30.2. The third-order valence-electron chi connectivity index (χ3n) is 14.6. The predicted molar refractivity (Wildman–Crippen MR) is 162 cm³/mol. The Morgan fingerprint density at radius 2 is 1.62 bits per heavy atom. The van der Waals surface area contributed by atoms with E-state index in [-0.39, 0.29) is 33.0 Å². The van der Waals surface area contributed by atoms with Gasteiger partial charge >= 0.3 is 5.97 Å². The van der Waals surface area contributed by atoms with Gasteiger partial charge in [0.1, 0.15) is 5.60 Å². The normalized spacial score (nSPS) is 49.0. The SMILES string of the molecule is C=C(C)[C@@H]1CC[C@]2(C(=O)OC)CC[C@]3(C)[C@H](CC[C@@H]4[C@@]5(C)CC[C@@](O)(C#CCN(C)C)C(C)(C)[C@@H]5CC[C@]43C)[C@@H]12. The van der Waals surface area contributed by atoms with Gasteiger partial charge in [-0.25, -0.2) is 0 Å². The topological polar surface area (TPSA) is 49.8 Å². The van der Waals surface area contributed by atoms with E-state index >= 15 is 0 Å². The molecule has 0 bridgehead atoms. The van der Waals surface area contributed by atoms with Crippen LogP contribution in [0.25, 0.3) is 0 Å². The van der Waals surface area contributed by atoms with Crippen LogP contribution in [0.5, 0.6) is 0 Å². The van der Waals surface area contributed by atoms with Gasteiger partial charge in [-0.2, -0.15) is 0 Å². The summed E-state index contributed by atoms with van der Waals surface area (Å²) in [5.74, 6) is 9.06. The Bertz CT molecular complexity index is 1110. The lowest BCUT2D eigenvalue weighted by molar-refractivity contribution is -0.256. The molecule has 4 nitrogen and oxygen atoms in total. The molecule has 0 aromatic carbocycles. The highest BCUT2D eigenvalue weighted by Gasteiger charge is 2.73. The third kappa shape index (κ3) is 3.81. The van der Waals surface area contributed by atoms with Crippen molar-refractivity contribution >= 4 is 5.97 Å². The summed E-state index contributed by atoms with van der Waals surface area (Å²) in [5.41, 5.74) is 0.308. The molecule has 10 atom stereocenters. The summed E-state index contributed by atoms with van der Waals surface area (Å²) in [6.07, 6.45) is 10.7. The summed E-state index contributed by atoms with van der Waals surface area (Å²) < 4.78 is 5.53. The molecule has 5 saturated carbocycles. The minimum absolute atomic E-state index is 0.0370. The van der Waals surface area contributed by atoms with Crippen molar-refractivity contribution in [1.29, 1.82) is 0 Å². The van der Waals surface area contributed by atoms with E-state index in [4.69, 9.17) is 4.74 Å². The number of ether oxygens (including phenoxy) is 1. The highest BCUT2D eigenvalue weighted by atomic mass is 16.5. The maximum Gasteiger partial charge on any atom is 0.312 e. The molecule has 0 spiro atoms. The number of methoxy groups -OCH3 is 1. The van der Waals surface area contributed by atoms with Crippen molar-refractivity contribution in [3.05, 3.63) is 12.2 Å². The zero-order valence-electron chi connectivity index (χ0n) is 27.1. The zero-order valence-corrected chi connectivity index (χ0v) is 27.1. The molecule has 0 amide bonds. The lowest BCUT2D eigenvalue weighted by atomic mass is 9.31. The predicted octanol–water partition coefficient (Wildman–Crippen LogP) is 7.11. The number of carbonyl (C=O) groups is 1. The molecular formula is C36H57NO3. The summed E-state index contributed by atoms with van der Waals surface area (Å²) in [4.78, 5) is 15.5. The average molecular weight is 552 g/mol. The van der Waals surface area contributed by atoms with Crippen LogP contribution >= 0.6 is 0 Å². The maximum atomic E-state index is 13.5. The van der Waals surface area contributed by atoms with Gasteiger partial charge in [0.15, 0.2) is 0 Å². The van der Waals surface area contributed by atoms with Crippen LogP contribution in [0.1, 0.15) is 106 Å². The van der Waals surface area contributed by atoms with Gasteiger partial charge in [0.05, 0.1) is 19.1 Å². The fourth-order valence-electron chi connectivity index (χ4n) is 12.2. The van der Waals surface area contributed by atoms with E-state index < -0.39 is 5.60 Å². The second-order valence-electron chi connectivity index (χ2n) is 16.5. The minimum Gasteiger partial charge on any atom is -0.469 e. The molecule has 0 aromatic rings. The number of aliphatic hydroxyl groups is 1. The van der Waals surface area contributed by atoms with Crippen LogP contribution < -0.4 is 0 Å². The van der Waals surface area contributed by atoms with Crippen LogP contribution in [0.4, 0.5) is 0 Å². The van der Waals surface area contributed by atoms with Crippen LogP contribution in [-0.4, -0.2) is 49.3 Å². The highest BCUT2D eigenvalue weighted by molar-refractivity contribution is 5.78. The van der Waals surface area contributed by atoms with E-state index in [1.807, 2.05) is 14.1 Å². The number of carbonyl (C=O) groups excluding carboxylic acids is 1. The molecule has 1 N–H and O–H groups in total. The number of fused-ring (bicyclic) bond motifs is 7. The zero-order chi connectivity index (χ0) is 29.5. The number of rotatable bonds is 3. The molecule has 0 saturated heterocycles. The van der Waals surface area contributed by atoms with Crippen LogP contribution in [0.2, 0.25) is 0 Å². The lowest BCUT2D eigenvalue weighted by Crippen LogP contribution is -2.68. The summed E-state index contributed by atoms with van der Waals surface area (Å²) >= 11 is 0. The van der Waals surface area contributed by atoms with E-state index in [9.17, 15) is 9.90 Å². The van der Waals surface area contributed by atoms with E-state index in [0.29, 0.717) is 36.1 Å². The van der Waals surface area contributed by atoms with Crippen molar-refractivity contribution in [2.24, 2.45) is 56.7 Å². The van der Waals surface area contributed by atoms with Crippen molar-refractivity contribution in [2.45, 2.75) is 111 Å². The van der Waals surface area contributed by atoms with Gasteiger partial charge in [-0.05, 0) is 131 Å². The molecule has 40 heavy (non-hydrogen) atoms. The molecular weight excluding hydrogens is 494 g/mol. The van der Waals surface area contributed by atoms with Gasteiger partial charge < -0.3 is 9.84 Å². The molecule has 224 valence electrons. The van der Waals surface area contributed by atoms with Crippen LogP contribution in [0.15, 0.2) is 12.2 Å². The molecule has 5 aliphatic rings. The van der Waals surface area contributed by atoms with Crippen molar-refractivity contribution < 1.29 is 14.6 Å². The smallest absolute Gasteiger partial charge is 0.312 e. The summed E-state index contributed by atoms with van der Waals surface area (Å²) in [6.45, 7) is 19.7. The van der Waals surface area contributed by atoms with Gasteiger partial charge in [0.2, 0.25) is 0 Å². The molecule has 5 aliphatic carbocycles. The Balaban J connectivity index is 1.51. The van der Waals surface area contributed by atoms with Crippen LogP contribution in [0, 0.1) is 68.5 Å². The lowest BCUT2D eigenvalue weighted by Gasteiger charge is -2.73. The Morgan fingerprint density at radius 1 is 0.925 bits per heavy atom. The molecule has 5 fully saturated rings. The quantitative estimate of drug-likeness (QED) is 0.231. The number of nitrogens with zero attached hydrogens (tertiary/aromatic N) is 1. The molecule has 0 aromatic heterocycles. The molecule has 0 heterocycles. The average Bonchev–Trinajstić information content (AvgIpc) is 3.28. The van der Waals surface area contributed by atoms with Crippen molar-refractivity contribution in [1.82, 2.24) is 4.90 Å². The number of hydrogen-bond acceptors (Lipinski definition) is 4. The third-order valence-corrected chi connectivity index (χ3v) is 14.6. The molecule has 0 radical (unpaired) electrons. The molecule has 5 rings (SSSR count). The van der Waals surface area contributed by atoms with Gasteiger partial charge in [0, 0.05) is 5.41 Å². The van der Waals surface area contributed by atoms with E-state index in [1.54, 1.807) is 7.11 Å². The van der Waals surface area contributed by atoms with E-state index in [0.717, 1.165) is 44.9 Å². The summed E-state index contributed by atoms with van der Waals surface area (Å²) in [7, 11) is 5.66. The fraction of sp³-hybridized carbons (Fsp3) is 0.861. The highest BCUT2D eigenvalue weighted by Crippen LogP contribution is 2.78. The second-order valence-corrected chi connectivity index (χ2v) is 16.5. The first-order valence-electron chi connectivity index (χ1n) is 16.1. The number of esters is 1. The first-order chi connectivity index (χ1) is 18.5. The van der Waals surface area contributed by atoms with Gasteiger partial charge in [-0.3, -0.25) is 9.69 Å². The summed E-state index contributed by atoms with van der Waals surface area (Å²) in [6, 6.07) is 0. The van der Waals surface area contributed by atoms with Gasteiger partial charge in [-0.1, -0.05) is 58.6 Å². The standard InChI is InChI=1S/C36H57NO3/c1-24(2)25-14-18-35(30(38)40-10)21-20-33(6)26(29(25)35)12-13-28-32(5)19-22-36(39,16-11-23-37(8)9)31(3,4)27(32)15-17-34(28,33)7/h25-29,39H,1,12-15,17-23H2,2-10H3/t25-,26+,27-,28+,29+,32-,33+,34+,35-,36-/m0/s1. The Labute approximate surface area is 245 Å². The van der Waals surface area contributed by atoms with Crippen molar-refractivity contribution in [3.8, 4) is 11.8 Å². The molecule has 0 unspecified atom stereocenters. The first-order valence-corrected chi connectivity index (χ1v) is 16.1. The van der Waals surface area contributed by atoms with Crippen LogP contribution in [0.3, 0.4) is 0 Å². The van der Waals surface area contributed by atoms with Gasteiger partial charge in [0.25, 0.3) is 0 Å². The van der Waals surface area contributed by atoms with Crippen molar-refractivity contribution in [2.75, 3.05) is 27.7 Å². The fourth-order valence-corrected chi connectivity index (χ4v) is 12.2. The Hall–Kier alpha value is -1.31. The molecule has 0 aliphatic heterocycles.